The molecule has 4 rings (SSSR count). The maximum Gasteiger partial charge on any atom is 0.214 e. The van der Waals surface area contributed by atoms with Gasteiger partial charge >= 0.3 is 0 Å². The lowest BCUT2D eigenvalue weighted by atomic mass is 9.77. The molecule has 1 saturated heterocycles. The molecule has 0 spiro atoms. The van der Waals surface area contributed by atoms with Crippen molar-refractivity contribution in [2.45, 2.75) is 50.9 Å². The molecule has 0 saturated carbocycles. The van der Waals surface area contributed by atoms with Gasteiger partial charge in [-0.25, -0.2) is 12.7 Å². The number of sulfonamides is 1. The molecule has 5 heteroatoms. The summed E-state index contributed by atoms with van der Waals surface area (Å²) in [5.41, 5.74) is 5.49. The lowest BCUT2D eigenvalue weighted by Crippen LogP contribution is -2.49. The number of rotatable bonds is 6. The van der Waals surface area contributed by atoms with Gasteiger partial charge in [-0.3, -0.25) is 0 Å². The van der Waals surface area contributed by atoms with E-state index in [1.807, 2.05) is 19.1 Å². The minimum atomic E-state index is -3.07. The van der Waals surface area contributed by atoms with Crippen molar-refractivity contribution >= 4 is 21.6 Å². The zero-order chi connectivity index (χ0) is 19.7. The van der Waals surface area contributed by atoms with Crippen molar-refractivity contribution in [2.24, 2.45) is 0 Å². The second kappa shape index (κ2) is 8.17. The largest absolute Gasteiger partial charge is 0.214 e. The molecule has 1 heterocycles. The molecule has 0 N–H and O–H groups in total. The first-order valence-electron chi connectivity index (χ1n) is 10.3. The second-order valence-electron chi connectivity index (χ2n) is 8.21. The van der Waals surface area contributed by atoms with Gasteiger partial charge in [-0.2, -0.15) is 0 Å². The molecule has 3 nitrogen and oxygen atoms in total. The van der Waals surface area contributed by atoms with Crippen LogP contribution in [0.3, 0.4) is 0 Å². The Bertz CT molecular complexity index is 951. The third kappa shape index (κ3) is 4.14. The van der Waals surface area contributed by atoms with E-state index in [9.17, 15) is 8.42 Å². The molecule has 0 aromatic heterocycles. The highest BCUT2D eigenvalue weighted by molar-refractivity contribution is 7.89. The summed E-state index contributed by atoms with van der Waals surface area (Å²) in [6.45, 7) is 3.17. The maximum absolute atomic E-state index is 12.2. The zero-order valence-electron chi connectivity index (χ0n) is 16.4. The third-order valence-corrected chi connectivity index (χ3v) is 8.40. The smallest absolute Gasteiger partial charge is 0.212 e. The number of benzene rings is 2. The molecular formula is C23H28ClNO2S. The normalized spacial score (nSPS) is 20.6. The standard InChI is InChI=1S/C23H28ClNO2S/c1-2-11-28(26,27)25-15-21(16-25)19-10-9-18-6-4-7-20(23(18)14-19)12-17-5-3-8-22(24)13-17/h3,5,8-10,13-14,20-21H,2,4,6-7,11-12,15-16H2,1H3. The SMILES string of the molecule is CCCS(=O)(=O)N1CC(c2ccc3c(c2)C(Cc2cccc(Cl)c2)CCC3)C1. The van der Waals surface area contributed by atoms with Crippen molar-refractivity contribution in [1.29, 1.82) is 0 Å². The highest BCUT2D eigenvalue weighted by Gasteiger charge is 2.36. The Balaban J connectivity index is 1.51. The Labute approximate surface area is 173 Å². The number of hydrogen-bond donors (Lipinski definition) is 0. The van der Waals surface area contributed by atoms with E-state index in [4.69, 9.17) is 11.6 Å². The molecule has 0 amide bonds. The lowest BCUT2D eigenvalue weighted by molar-refractivity contribution is 0.264. The summed E-state index contributed by atoms with van der Waals surface area (Å²) < 4.78 is 26.1. The van der Waals surface area contributed by atoms with E-state index in [1.165, 1.54) is 35.1 Å². The first-order chi connectivity index (χ1) is 13.5. The van der Waals surface area contributed by atoms with Crippen LogP contribution >= 0.6 is 11.6 Å². The minimum absolute atomic E-state index is 0.256. The van der Waals surface area contributed by atoms with Crippen molar-refractivity contribution < 1.29 is 8.42 Å². The van der Waals surface area contributed by atoms with Crippen LogP contribution in [0.15, 0.2) is 42.5 Å². The first kappa shape index (κ1) is 19.9. The van der Waals surface area contributed by atoms with E-state index in [0.717, 1.165) is 17.9 Å². The molecule has 2 aliphatic rings. The second-order valence-corrected chi connectivity index (χ2v) is 10.7. The summed E-state index contributed by atoms with van der Waals surface area (Å²) in [4.78, 5) is 0. The molecule has 1 aliphatic carbocycles. The van der Waals surface area contributed by atoms with Gasteiger partial charge < -0.3 is 0 Å². The Morgan fingerprint density at radius 2 is 1.96 bits per heavy atom. The predicted molar refractivity (Wildman–Crippen MR) is 116 cm³/mol. The third-order valence-electron chi connectivity index (χ3n) is 6.15. The Kier molecular flexibility index (Phi) is 5.82. The van der Waals surface area contributed by atoms with Gasteiger partial charge in [-0.05, 0) is 72.4 Å². The van der Waals surface area contributed by atoms with Crippen LogP contribution < -0.4 is 0 Å². The molecule has 150 valence electrons. The van der Waals surface area contributed by atoms with Gasteiger partial charge in [0.15, 0.2) is 0 Å². The van der Waals surface area contributed by atoms with Crippen molar-refractivity contribution in [3.05, 3.63) is 69.7 Å². The Hall–Kier alpha value is -1.36. The fourth-order valence-electron chi connectivity index (χ4n) is 4.59. The number of halogens is 1. The molecular weight excluding hydrogens is 390 g/mol. The maximum atomic E-state index is 12.2. The fraction of sp³-hybridized carbons (Fsp3) is 0.478. The van der Waals surface area contributed by atoms with Gasteiger partial charge in [-0.15, -0.1) is 0 Å². The molecule has 0 bridgehead atoms. The molecule has 2 aromatic rings. The van der Waals surface area contributed by atoms with Gasteiger partial charge in [0, 0.05) is 24.0 Å². The first-order valence-corrected chi connectivity index (χ1v) is 12.3. The van der Waals surface area contributed by atoms with E-state index in [0.29, 0.717) is 31.3 Å². The van der Waals surface area contributed by atoms with E-state index in [2.05, 4.69) is 30.3 Å². The number of fused-ring (bicyclic) bond motifs is 1. The molecule has 28 heavy (non-hydrogen) atoms. The summed E-state index contributed by atoms with van der Waals surface area (Å²) >= 11 is 6.18. The summed E-state index contributed by atoms with van der Waals surface area (Å²) in [7, 11) is -3.07. The molecule has 1 unspecified atom stereocenters. The van der Waals surface area contributed by atoms with E-state index < -0.39 is 10.0 Å². The molecule has 2 aromatic carbocycles. The highest BCUT2D eigenvalue weighted by Crippen LogP contribution is 2.38. The fourth-order valence-corrected chi connectivity index (χ4v) is 6.39. The van der Waals surface area contributed by atoms with Crippen molar-refractivity contribution in [3.63, 3.8) is 0 Å². The van der Waals surface area contributed by atoms with E-state index in [1.54, 1.807) is 4.31 Å². The highest BCUT2D eigenvalue weighted by atomic mass is 35.5. The topological polar surface area (TPSA) is 37.4 Å². The van der Waals surface area contributed by atoms with Gasteiger partial charge in [-0.1, -0.05) is 48.9 Å². The van der Waals surface area contributed by atoms with E-state index in [-0.39, 0.29) is 5.75 Å². The predicted octanol–water partition coefficient (Wildman–Crippen LogP) is 5.14. The van der Waals surface area contributed by atoms with Gasteiger partial charge in [0.25, 0.3) is 0 Å². The monoisotopic (exact) mass is 417 g/mol. The summed E-state index contributed by atoms with van der Waals surface area (Å²) in [6.07, 6.45) is 5.25. The van der Waals surface area contributed by atoms with Crippen LogP contribution in [0.1, 0.15) is 60.3 Å². The lowest BCUT2D eigenvalue weighted by Gasteiger charge is -2.39. The molecule has 1 aliphatic heterocycles. The van der Waals surface area contributed by atoms with Crippen molar-refractivity contribution in [3.8, 4) is 0 Å². The van der Waals surface area contributed by atoms with Gasteiger partial charge in [0.1, 0.15) is 0 Å². The van der Waals surface area contributed by atoms with Crippen molar-refractivity contribution in [1.82, 2.24) is 4.31 Å². The summed E-state index contributed by atoms with van der Waals surface area (Å²) in [6, 6.07) is 15.0. The van der Waals surface area contributed by atoms with Gasteiger partial charge in [0.05, 0.1) is 5.75 Å². The zero-order valence-corrected chi connectivity index (χ0v) is 18.0. The summed E-state index contributed by atoms with van der Waals surface area (Å²) in [5, 5.41) is 0.796. The van der Waals surface area contributed by atoms with Crippen LogP contribution in [-0.2, 0) is 22.9 Å². The number of hydrogen-bond acceptors (Lipinski definition) is 2. The Morgan fingerprint density at radius 1 is 1.14 bits per heavy atom. The number of aryl methyl sites for hydroxylation is 1. The summed E-state index contributed by atoms with van der Waals surface area (Å²) in [5.74, 6) is 1.10. The number of nitrogens with zero attached hydrogens (tertiary/aromatic N) is 1. The average molecular weight is 418 g/mol. The van der Waals surface area contributed by atoms with Crippen LogP contribution in [0.5, 0.6) is 0 Å². The van der Waals surface area contributed by atoms with Gasteiger partial charge in [0.2, 0.25) is 10.0 Å². The van der Waals surface area contributed by atoms with Crippen LogP contribution in [0.4, 0.5) is 0 Å². The van der Waals surface area contributed by atoms with Crippen molar-refractivity contribution in [2.75, 3.05) is 18.8 Å². The van der Waals surface area contributed by atoms with Crippen LogP contribution in [0.2, 0.25) is 5.02 Å². The molecule has 1 atom stereocenters. The minimum Gasteiger partial charge on any atom is -0.212 e. The quantitative estimate of drug-likeness (QED) is 0.652. The molecule has 0 radical (unpaired) electrons. The van der Waals surface area contributed by atoms with E-state index >= 15 is 0 Å². The van der Waals surface area contributed by atoms with Crippen LogP contribution in [0, 0.1) is 0 Å². The average Bonchev–Trinajstić information content (AvgIpc) is 2.60. The Morgan fingerprint density at radius 3 is 2.71 bits per heavy atom. The van der Waals surface area contributed by atoms with Crippen LogP contribution in [-0.4, -0.2) is 31.6 Å². The van der Waals surface area contributed by atoms with Crippen LogP contribution in [0.25, 0.3) is 0 Å². The molecule has 1 fully saturated rings.